The van der Waals surface area contributed by atoms with Crippen molar-refractivity contribution in [3.63, 3.8) is 0 Å². The van der Waals surface area contributed by atoms with E-state index in [1.54, 1.807) is 6.07 Å². The highest BCUT2D eigenvalue weighted by Gasteiger charge is 2.26. The first-order valence-electron chi connectivity index (χ1n) is 13.1. The Morgan fingerprint density at radius 3 is 2.49 bits per heavy atom. The molecule has 1 fully saturated rings. The van der Waals surface area contributed by atoms with E-state index < -0.39 is 17.5 Å². The largest absolute Gasteiger partial charge is 0.395 e. The van der Waals surface area contributed by atoms with Crippen LogP contribution in [-0.4, -0.2) is 73.7 Å². The van der Waals surface area contributed by atoms with Crippen LogP contribution in [0.15, 0.2) is 43.1 Å². The van der Waals surface area contributed by atoms with Crippen molar-refractivity contribution in [3.05, 3.63) is 77.1 Å². The molecule has 9 nitrogen and oxygen atoms in total. The second-order valence-electron chi connectivity index (χ2n) is 9.81. The number of fused-ring (bicyclic) bond motifs is 1. The number of aromatic nitrogens is 5. The van der Waals surface area contributed by atoms with E-state index >= 15 is 4.39 Å². The number of aryl methyl sites for hydroxylation is 1. The highest BCUT2D eigenvalue weighted by atomic mass is 19.1. The summed E-state index contributed by atoms with van der Waals surface area (Å²) < 4.78 is 32.0. The van der Waals surface area contributed by atoms with Gasteiger partial charge in [0, 0.05) is 57.7 Å². The molecule has 0 radical (unpaired) electrons. The van der Waals surface area contributed by atoms with E-state index in [1.165, 1.54) is 36.6 Å². The van der Waals surface area contributed by atoms with Crippen LogP contribution in [0.25, 0.3) is 11.0 Å². The van der Waals surface area contributed by atoms with Crippen molar-refractivity contribution in [3.8, 4) is 0 Å². The van der Waals surface area contributed by atoms with E-state index in [4.69, 9.17) is 5.11 Å². The monoisotopic (exact) mass is 535 g/mol. The molecule has 1 aliphatic heterocycles. The summed E-state index contributed by atoms with van der Waals surface area (Å²) in [5.74, 6) is -0.903. The van der Waals surface area contributed by atoms with E-state index in [0.717, 1.165) is 37.9 Å². The number of aliphatic hydroxyl groups excluding tert-OH is 1. The second kappa shape index (κ2) is 11.4. The average molecular weight is 536 g/mol. The molecule has 11 heteroatoms. The summed E-state index contributed by atoms with van der Waals surface area (Å²) in [6.07, 6.45) is 9.24. The van der Waals surface area contributed by atoms with Crippen LogP contribution in [0, 0.1) is 11.6 Å². The summed E-state index contributed by atoms with van der Waals surface area (Å²) in [6.45, 7) is 3.45. The molecular formula is C28H31F2N7O2. The lowest BCUT2D eigenvalue weighted by molar-refractivity contribution is 0.0762. The van der Waals surface area contributed by atoms with E-state index in [0.29, 0.717) is 28.2 Å². The van der Waals surface area contributed by atoms with Crippen molar-refractivity contribution in [1.29, 1.82) is 0 Å². The first-order chi connectivity index (χ1) is 18.9. The number of aliphatic hydroxyl groups is 1. The van der Waals surface area contributed by atoms with E-state index in [2.05, 4.69) is 31.8 Å². The van der Waals surface area contributed by atoms with Gasteiger partial charge in [-0.3, -0.25) is 4.79 Å². The van der Waals surface area contributed by atoms with E-state index in [9.17, 15) is 9.18 Å². The number of amides is 1. The van der Waals surface area contributed by atoms with Gasteiger partial charge in [-0.15, -0.1) is 0 Å². The maximum Gasteiger partial charge on any atom is 0.256 e. The second-order valence-corrected chi connectivity index (χ2v) is 9.81. The van der Waals surface area contributed by atoms with E-state index in [-0.39, 0.29) is 31.2 Å². The predicted molar refractivity (Wildman–Crippen MR) is 143 cm³/mol. The Balaban J connectivity index is 1.33. The number of anilines is 1. The summed E-state index contributed by atoms with van der Waals surface area (Å²) in [6, 6.07) is 4.38. The Morgan fingerprint density at radius 1 is 1.08 bits per heavy atom. The van der Waals surface area contributed by atoms with Crippen LogP contribution in [-0.2, 0) is 12.8 Å². The van der Waals surface area contributed by atoms with Crippen LogP contribution in [0.5, 0.6) is 0 Å². The molecule has 4 heterocycles. The molecule has 1 amide bonds. The fraction of sp³-hybridized carbons (Fsp3) is 0.393. The van der Waals surface area contributed by atoms with Crippen molar-refractivity contribution < 1.29 is 18.7 Å². The molecule has 1 aromatic carbocycles. The standard InChI is InChI=1S/C28H31F2N7O2/c1-3-18-14-31-28(32-15-18)36-8-6-20(7-9-36)37-16-23(30)25-24(33-17-34-26(25)37)13-19-4-5-21(22(29)12-19)27(39)35(2)10-11-38/h4-5,12,14-17,20,38H,3,6-11,13H2,1-2H3. The molecule has 0 bridgehead atoms. The summed E-state index contributed by atoms with van der Waals surface area (Å²) in [4.78, 5) is 33.5. The third-order valence-corrected chi connectivity index (χ3v) is 7.30. The number of piperidine rings is 1. The van der Waals surface area contributed by atoms with Gasteiger partial charge in [0.2, 0.25) is 5.95 Å². The number of hydrogen-bond acceptors (Lipinski definition) is 7. The highest BCUT2D eigenvalue weighted by Crippen LogP contribution is 2.31. The smallest absolute Gasteiger partial charge is 0.256 e. The van der Waals surface area contributed by atoms with Gasteiger partial charge in [0.1, 0.15) is 17.8 Å². The average Bonchev–Trinajstić information content (AvgIpc) is 3.30. The Bertz CT molecular complexity index is 1470. The Morgan fingerprint density at radius 2 is 1.82 bits per heavy atom. The lowest BCUT2D eigenvalue weighted by Crippen LogP contribution is -2.35. The van der Waals surface area contributed by atoms with Crippen molar-refractivity contribution in [2.24, 2.45) is 0 Å². The zero-order chi connectivity index (χ0) is 27.5. The summed E-state index contributed by atoms with van der Waals surface area (Å²) >= 11 is 0. The number of carbonyl (C=O) groups excluding carboxylic acids is 1. The molecule has 1 N–H and O–H groups in total. The maximum absolute atomic E-state index is 15.3. The zero-order valence-electron chi connectivity index (χ0n) is 22.0. The molecule has 1 saturated heterocycles. The van der Waals surface area contributed by atoms with Gasteiger partial charge >= 0.3 is 0 Å². The topological polar surface area (TPSA) is 100 Å². The van der Waals surface area contributed by atoms with Gasteiger partial charge in [-0.2, -0.15) is 0 Å². The van der Waals surface area contributed by atoms with Gasteiger partial charge in [-0.05, 0) is 42.5 Å². The fourth-order valence-corrected chi connectivity index (χ4v) is 5.04. The number of likely N-dealkylation sites (N-methyl/N-ethyl adjacent to an activating group) is 1. The molecular weight excluding hydrogens is 504 g/mol. The molecule has 0 spiro atoms. The van der Waals surface area contributed by atoms with Crippen molar-refractivity contribution >= 4 is 22.9 Å². The van der Waals surface area contributed by atoms with Crippen LogP contribution >= 0.6 is 0 Å². The molecule has 0 atom stereocenters. The first-order valence-corrected chi connectivity index (χ1v) is 13.1. The molecule has 5 rings (SSSR count). The highest BCUT2D eigenvalue weighted by molar-refractivity contribution is 5.94. The van der Waals surface area contributed by atoms with Crippen LogP contribution in [0.1, 0.15) is 53.0 Å². The predicted octanol–water partition coefficient (Wildman–Crippen LogP) is 3.56. The van der Waals surface area contributed by atoms with Crippen molar-refractivity contribution in [2.75, 3.05) is 38.2 Å². The number of hydrogen-bond donors (Lipinski definition) is 1. The molecule has 4 aromatic rings. The minimum atomic E-state index is -0.675. The quantitative estimate of drug-likeness (QED) is 0.368. The van der Waals surface area contributed by atoms with Crippen LogP contribution < -0.4 is 4.90 Å². The molecule has 1 aliphatic rings. The number of benzene rings is 1. The Labute approximate surface area is 225 Å². The molecule has 204 valence electrons. The number of halogens is 2. The van der Waals surface area contributed by atoms with Gasteiger partial charge in [0.25, 0.3) is 5.91 Å². The molecule has 3 aromatic heterocycles. The SMILES string of the molecule is CCc1cnc(N2CCC(n3cc(F)c4c(Cc5ccc(C(=O)N(C)CCO)c(F)c5)ncnc43)CC2)nc1. The fourth-order valence-electron chi connectivity index (χ4n) is 5.04. The summed E-state index contributed by atoms with van der Waals surface area (Å²) in [5, 5.41) is 9.36. The molecule has 0 saturated carbocycles. The van der Waals surface area contributed by atoms with Gasteiger partial charge in [-0.1, -0.05) is 13.0 Å². The van der Waals surface area contributed by atoms with Crippen molar-refractivity contribution in [2.45, 2.75) is 38.6 Å². The van der Waals surface area contributed by atoms with Crippen LogP contribution in [0.2, 0.25) is 0 Å². The lowest BCUT2D eigenvalue weighted by Gasteiger charge is -2.32. The Hall–Kier alpha value is -3.99. The molecule has 0 aliphatic carbocycles. The van der Waals surface area contributed by atoms with Crippen molar-refractivity contribution in [1.82, 2.24) is 29.4 Å². The minimum absolute atomic E-state index is 0.0598. The lowest BCUT2D eigenvalue weighted by atomic mass is 10.0. The summed E-state index contributed by atoms with van der Waals surface area (Å²) in [7, 11) is 1.50. The normalized spacial score (nSPS) is 14.2. The number of rotatable bonds is 8. The van der Waals surface area contributed by atoms with E-state index in [1.807, 2.05) is 17.0 Å². The van der Waals surface area contributed by atoms with Gasteiger partial charge < -0.3 is 19.5 Å². The minimum Gasteiger partial charge on any atom is -0.395 e. The molecule has 39 heavy (non-hydrogen) atoms. The third-order valence-electron chi connectivity index (χ3n) is 7.30. The third kappa shape index (κ3) is 5.44. The van der Waals surface area contributed by atoms with Crippen LogP contribution in [0.4, 0.5) is 14.7 Å². The van der Waals surface area contributed by atoms with Crippen LogP contribution in [0.3, 0.4) is 0 Å². The maximum atomic E-state index is 15.3. The first kappa shape index (κ1) is 26.6. The number of carbonyl (C=O) groups is 1. The number of nitrogens with zero attached hydrogens (tertiary/aromatic N) is 7. The molecule has 0 unspecified atom stereocenters. The van der Waals surface area contributed by atoms with Gasteiger partial charge in [-0.25, -0.2) is 28.7 Å². The summed E-state index contributed by atoms with van der Waals surface area (Å²) in [5.41, 5.74) is 2.53. The van der Waals surface area contributed by atoms with Gasteiger partial charge in [0.05, 0.1) is 23.3 Å². The van der Waals surface area contributed by atoms with Gasteiger partial charge in [0.15, 0.2) is 5.82 Å². The Kier molecular flexibility index (Phi) is 7.78. The zero-order valence-corrected chi connectivity index (χ0v) is 22.0.